The number of hydrogen-bond acceptors (Lipinski definition) is 6. The number of nitrogens with zero attached hydrogens (tertiary/aromatic N) is 2. The van der Waals surface area contributed by atoms with Crippen molar-refractivity contribution in [3.05, 3.63) is 68.6 Å². The predicted molar refractivity (Wildman–Crippen MR) is 99.3 cm³/mol. The van der Waals surface area contributed by atoms with Crippen LogP contribution in [0, 0.1) is 10.1 Å². The number of thiophene rings is 1. The second-order valence-electron chi connectivity index (χ2n) is 5.94. The normalized spacial score (nSPS) is 13.1. The van der Waals surface area contributed by atoms with Gasteiger partial charge in [-0.05, 0) is 24.3 Å². The fraction of sp³-hybridized carbons (Fsp3) is 0.0556. The van der Waals surface area contributed by atoms with E-state index < -0.39 is 22.6 Å². The maximum absolute atomic E-state index is 12.6. The van der Waals surface area contributed by atoms with Gasteiger partial charge in [0, 0.05) is 29.3 Å². The van der Waals surface area contributed by atoms with Crippen molar-refractivity contribution in [2.24, 2.45) is 0 Å². The molecule has 3 amide bonds. The first kappa shape index (κ1) is 16.9. The van der Waals surface area contributed by atoms with Crippen LogP contribution in [0.15, 0.2) is 42.5 Å². The van der Waals surface area contributed by atoms with E-state index in [1.54, 1.807) is 24.3 Å². The molecule has 0 radical (unpaired) electrons. The number of nitro groups is 1. The van der Waals surface area contributed by atoms with Gasteiger partial charge in [0.15, 0.2) is 0 Å². The van der Waals surface area contributed by atoms with Gasteiger partial charge in [-0.1, -0.05) is 6.07 Å². The first-order valence-electron chi connectivity index (χ1n) is 7.81. The topological polar surface area (TPSA) is 110 Å². The molecule has 1 N–H and O–H groups in total. The zero-order valence-electron chi connectivity index (χ0n) is 13.9. The molecule has 8 nitrogen and oxygen atoms in total. The number of anilines is 1. The molecule has 27 heavy (non-hydrogen) atoms. The molecule has 0 fully saturated rings. The lowest BCUT2D eigenvalue weighted by Crippen LogP contribution is -2.24. The Morgan fingerprint density at radius 2 is 1.93 bits per heavy atom. The molecule has 1 aliphatic heterocycles. The van der Waals surface area contributed by atoms with Crippen LogP contribution in [-0.4, -0.2) is 34.6 Å². The van der Waals surface area contributed by atoms with Gasteiger partial charge in [0.05, 0.1) is 26.6 Å². The quantitative estimate of drug-likeness (QED) is 0.425. The molecule has 0 aliphatic carbocycles. The lowest BCUT2D eigenvalue weighted by molar-refractivity contribution is -0.384. The molecule has 134 valence electrons. The molecule has 2 aromatic carbocycles. The summed E-state index contributed by atoms with van der Waals surface area (Å²) in [6.45, 7) is 0. The zero-order valence-corrected chi connectivity index (χ0v) is 14.7. The van der Waals surface area contributed by atoms with Crippen LogP contribution in [0.3, 0.4) is 0 Å². The van der Waals surface area contributed by atoms with Gasteiger partial charge in [-0.2, -0.15) is 0 Å². The molecule has 4 rings (SSSR count). The largest absolute Gasteiger partial charge is 0.321 e. The van der Waals surface area contributed by atoms with Gasteiger partial charge in [0.2, 0.25) is 0 Å². The van der Waals surface area contributed by atoms with Crippen molar-refractivity contribution >= 4 is 50.5 Å². The number of rotatable bonds is 3. The molecular weight excluding hydrogens is 370 g/mol. The average molecular weight is 381 g/mol. The molecule has 0 saturated carbocycles. The molecule has 0 saturated heterocycles. The molecule has 1 aromatic heterocycles. The van der Waals surface area contributed by atoms with Crippen molar-refractivity contribution in [2.75, 3.05) is 12.4 Å². The molecule has 2 heterocycles. The number of amides is 3. The minimum absolute atomic E-state index is 0.0553. The third kappa shape index (κ3) is 2.64. The molecule has 0 unspecified atom stereocenters. The van der Waals surface area contributed by atoms with Gasteiger partial charge in [-0.3, -0.25) is 29.4 Å². The summed E-state index contributed by atoms with van der Waals surface area (Å²) < 4.78 is 0.732. The van der Waals surface area contributed by atoms with Crippen LogP contribution in [0.1, 0.15) is 30.4 Å². The van der Waals surface area contributed by atoms with Gasteiger partial charge in [0.1, 0.15) is 0 Å². The highest BCUT2D eigenvalue weighted by atomic mass is 32.1. The minimum Gasteiger partial charge on any atom is -0.321 e. The highest BCUT2D eigenvalue weighted by molar-refractivity contribution is 7.20. The van der Waals surface area contributed by atoms with E-state index in [1.807, 2.05) is 0 Å². The highest BCUT2D eigenvalue weighted by Crippen LogP contribution is 2.31. The van der Waals surface area contributed by atoms with Crippen molar-refractivity contribution in [1.29, 1.82) is 0 Å². The van der Waals surface area contributed by atoms with E-state index in [-0.39, 0.29) is 22.5 Å². The fourth-order valence-corrected chi connectivity index (χ4v) is 3.88. The van der Waals surface area contributed by atoms with Crippen LogP contribution < -0.4 is 5.32 Å². The smallest absolute Gasteiger partial charge is 0.270 e. The summed E-state index contributed by atoms with van der Waals surface area (Å²) in [6, 6.07) is 10.6. The van der Waals surface area contributed by atoms with Crippen molar-refractivity contribution in [3.63, 3.8) is 0 Å². The van der Waals surface area contributed by atoms with Crippen LogP contribution in [0.5, 0.6) is 0 Å². The van der Waals surface area contributed by atoms with Crippen LogP contribution in [0.2, 0.25) is 0 Å². The van der Waals surface area contributed by atoms with E-state index >= 15 is 0 Å². The van der Waals surface area contributed by atoms with Crippen molar-refractivity contribution in [1.82, 2.24) is 4.90 Å². The molecule has 3 aromatic rings. The number of non-ortho nitro benzene ring substituents is 1. The Labute approximate surface area is 156 Å². The maximum Gasteiger partial charge on any atom is 0.270 e. The Hall–Kier alpha value is -3.59. The van der Waals surface area contributed by atoms with Gasteiger partial charge in [-0.25, -0.2) is 0 Å². The molecule has 0 bridgehead atoms. The van der Waals surface area contributed by atoms with Crippen LogP contribution in [0.4, 0.5) is 11.4 Å². The average Bonchev–Trinajstić information content (AvgIpc) is 3.17. The SMILES string of the molecule is CN1C(=O)c2cccc(NC(=O)c3cc4cc([N+](=O)[O-])ccc4s3)c2C1=O. The second kappa shape index (κ2) is 5.99. The van der Waals surface area contributed by atoms with E-state index in [1.165, 1.54) is 36.6 Å². The predicted octanol–water partition coefficient (Wildman–Crippen LogP) is 3.29. The number of nitro benzene ring substituents is 1. The summed E-state index contributed by atoms with van der Waals surface area (Å²) in [6.07, 6.45) is 0. The monoisotopic (exact) mass is 381 g/mol. The number of carbonyl (C=O) groups excluding carboxylic acids is 3. The number of benzene rings is 2. The number of hydrogen-bond donors (Lipinski definition) is 1. The van der Waals surface area contributed by atoms with E-state index in [0.717, 1.165) is 9.60 Å². The van der Waals surface area contributed by atoms with Gasteiger partial charge in [-0.15, -0.1) is 11.3 Å². The fourth-order valence-electron chi connectivity index (χ4n) is 2.95. The standard InChI is InChI=1S/C18H11N3O5S/c1-20-17(23)11-3-2-4-12(15(11)18(20)24)19-16(22)14-8-9-7-10(21(25)26)5-6-13(9)27-14/h2-8H,1H3,(H,19,22). The summed E-state index contributed by atoms with van der Waals surface area (Å²) in [5.74, 6) is -1.35. The van der Waals surface area contributed by atoms with E-state index in [0.29, 0.717) is 10.3 Å². The van der Waals surface area contributed by atoms with Crippen LogP contribution in [-0.2, 0) is 0 Å². The molecule has 9 heteroatoms. The van der Waals surface area contributed by atoms with E-state index in [4.69, 9.17) is 0 Å². The van der Waals surface area contributed by atoms with Crippen molar-refractivity contribution in [2.45, 2.75) is 0 Å². The number of carbonyl (C=O) groups is 3. The zero-order chi connectivity index (χ0) is 19.3. The Bertz CT molecular complexity index is 1170. The highest BCUT2D eigenvalue weighted by Gasteiger charge is 2.35. The molecule has 1 aliphatic rings. The first-order chi connectivity index (χ1) is 12.9. The van der Waals surface area contributed by atoms with Gasteiger partial charge >= 0.3 is 0 Å². The third-order valence-electron chi connectivity index (χ3n) is 4.30. The molecular formula is C18H11N3O5S. The van der Waals surface area contributed by atoms with Gasteiger partial charge in [0.25, 0.3) is 23.4 Å². The Morgan fingerprint density at radius 3 is 2.67 bits per heavy atom. The van der Waals surface area contributed by atoms with E-state index in [9.17, 15) is 24.5 Å². The summed E-state index contributed by atoms with van der Waals surface area (Å²) in [7, 11) is 1.38. The Kier molecular flexibility index (Phi) is 3.74. The number of nitrogens with one attached hydrogen (secondary N) is 1. The lowest BCUT2D eigenvalue weighted by Gasteiger charge is -2.07. The summed E-state index contributed by atoms with van der Waals surface area (Å²) in [5.41, 5.74) is 0.603. The number of fused-ring (bicyclic) bond motifs is 2. The summed E-state index contributed by atoms with van der Waals surface area (Å²) in [4.78, 5) is 48.7. The van der Waals surface area contributed by atoms with Crippen LogP contribution >= 0.6 is 11.3 Å². The van der Waals surface area contributed by atoms with Crippen LogP contribution in [0.25, 0.3) is 10.1 Å². The summed E-state index contributed by atoms with van der Waals surface area (Å²) >= 11 is 1.18. The third-order valence-corrected chi connectivity index (χ3v) is 5.42. The maximum atomic E-state index is 12.6. The molecule has 0 atom stereocenters. The van der Waals surface area contributed by atoms with Gasteiger partial charge < -0.3 is 5.32 Å². The lowest BCUT2D eigenvalue weighted by atomic mass is 10.1. The summed E-state index contributed by atoms with van der Waals surface area (Å²) in [5, 5.41) is 14.1. The van der Waals surface area contributed by atoms with E-state index in [2.05, 4.69) is 5.32 Å². The first-order valence-corrected chi connectivity index (χ1v) is 8.63. The Morgan fingerprint density at radius 1 is 1.15 bits per heavy atom. The molecule has 0 spiro atoms. The van der Waals surface area contributed by atoms with Crippen molar-refractivity contribution in [3.8, 4) is 0 Å². The minimum atomic E-state index is -0.497. The Balaban J connectivity index is 1.68. The van der Waals surface area contributed by atoms with Crippen molar-refractivity contribution < 1.29 is 19.3 Å². The second-order valence-corrected chi connectivity index (χ2v) is 7.03. The number of imide groups is 1.